The van der Waals surface area contributed by atoms with Crippen molar-refractivity contribution < 1.29 is 0 Å². The van der Waals surface area contributed by atoms with Crippen LogP contribution in [0.4, 0.5) is 0 Å². The molecule has 6 heteroatoms. The first-order chi connectivity index (χ1) is 12.1. The Balaban J connectivity index is 0.000000880. The van der Waals surface area contributed by atoms with Gasteiger partial charge in [0.2, 0.25) is 0 Å². The molecule has 0 bridgehead atoms. The van der Waals surface area contributed by atoms with E-state index in [1.807, 2.05) is 37.6 Å². The van der Waals surface area contributed by atoms with Crippen LogP contribution in [-0.4, -0.2) is 19.7 Å². The van der Waals surface area contributed by atoms with Crippen LogP contribution in [0.5, 0.6) is 0 Å². The van der Waals surface area contributed by atoms with E-state index in [1.54, 1.807) is 12.4 Å². The van der Waals surface area contributed by atoms with Gasteiger partial charge < -0.3 is 0 Å². The Hall–Kier alpha value is -1.91. The number of hydrogen-bond donors (Lipinski definition) is 0. The lowest BCUT2D eigenvalue weighted by Crippen LogP contribution is -2.08. The Morgan fingerprint density at radius 1 is 1.16 bits per heavy atom. The normalized spacial score (nSPS) is 13.1. The Bertz CT molecular complexity index is 944. The van der Waals surface area contributed by atoms with Crippen LogP contribution in [0.15, 0.2) is 30.1 Å². The Kier molecular flexibility index (Phi) is 5.40. The molecule has 0 fully saturated rings. The number of pyridine rings is 2. The average molecular weight is 375 g/mol. The zero-order valence-corrected chi connectivity index (χ0v) is 16.1. The predicted molar refractivity (Wildman–Crippen MR) is 104 cm³/mol. The van der Waals surface area contributed by atoms with Crippen molar-refractivity contribution in [1.29, 1.82) is 0 Å². The fourth-order valence-corrected chi connectivity index (χ4v) is 3.54. The summed E-state index contributed by atoms with van der Waals surface area (Å²) in [6, 6.07) is 3.92. The predicted octanol–water partition coefficient (Wildman–Crippen LogP) is 5.50. The van der Waals surface area contributed by atoms with Gasteiger partial charge in [0.05, 0.1) is 28.2 Å². The van der Waals surface area contributed by atoms with Crippen LogP contribution in [0, 0.1) is 6.92 Å². The quantitative estimate of drug-likeness (QED) is 0.556. The Morgan fingerprint density at radius 3 is 2.76 bits per heavy atom. The molecule has 0 aliphatic heterocycles. The van der Waals surface area contributed by atoms with Crippen molar-refractivity contribution in [1.82, 2.24) is 19.7 Å². The Labute approximate surface area is 157 Å². The largest absolute Gasteiger partial charge is 0.260 e. The van der Waals surface area contributed by atoms with E-state index < -0.39 is 0 Å². The van der Waals surface area contributed by atoms with Crippen LogP contribution in [-0.2, 0) is 13.0 Å². The second-order valence-electron chi connectivity index (χ2n) is 5.73. The molecule has 3 aromatic rings. The number of fused-ring (bicyclic) bond motifs is 2. The van der Waals surface area contributed by atoms with E-state index in [0.717, 1.165) is 47.2 Å². The average Bonchev–Trinajstić information content (AvgIpc) is 2.93. The lowest BCUT2D eigenvalue weighted by molar-refractivity contribution is 0.666. The van der Waals surface area contributed by atoms with Crippen molar-refractivity contribution in [2.75, 3.05) is 0 Å². The number of halogens is 2. The molecule has 3 heterocycles. The third-order valence-corrected chi connectivity index (χ3v) is 4.65. The highest BCUT2D eigenvalue weighted by Crippen LogP contribution is 2.28. The smallest absolute Gasteiger partial charge is 0.140 e. The third kappa shape index (κ3) is 3.55. The minimum atomic E-state index is 0.505. The molecule has 0 N–H and O–H groups in total. The maximum Gasteiger partial charge on any atom is 0.140 e. The molecule has 1 aliphatic carbocycles. The van der Waals surface area contributed by atoms with E-state index in [2.05, 4.69) is 21.1 Å². The second-order valence-corrected chi connectivity index (χ2v) is 6.53. The summed E-state index contributed by atoms with van der Waals surface area (Å²) in [4.78, 5) is 8.54. The van der Waals surface area contributed by atoms with E-state index >= 15 is 0 Å². The fraction of sp³-hybridized carbons (Fsp3) is 0.316. The van der Waals surface area contributed by atoms with E-state index in [9.17, 15) is 0 Å². The second kappa shape index (κ2) is 7.54. The van der Waals surface area contributed by atoms with Crippen molar-refractivity contribution >= 4 is 40.2 Å². The molecular formula is C19H20Cl2N4. The van der Waals surface area contributed by atoms with Gasteiger partial charge in [0, 0.05) is 18.1 Å². The number of nitrogens with zero attached hydrogens (tertiary/aromatic N) is 4. The van der Waals surface area contributed by atoms with Crippen LogP contribution >= 0.6 is 23.2 Å². The highest BCUT2D eigenvalue weighted by Gasteiger charge is 2.16. The molecule has 0 saturated carbocycles. The molecule has 130 valence electrons. The molecule has 25 heavy (non-hydrogen) atoms. The van der Waals surface area contributed by atoms with Crippen molar-refractivity contribution in [3.05, 3.63) is 57.2 Å². The van der Waals surface area contributed by atoms with Gasteiger partial charge in [0.15, 0.2) is 0 Å². The first-order valence-electron chi connectivity index (χ1n) is 8.43. The summed E-state index contributed by atoms with van der Waals surface area (Å²) in [6.45, 7) is 6.69. The molecule has 0 aromatic carbocycles. The summed E-state index contributed by atoms with van der Waals surface area (Å²) < 4.78 is 1.99. The van der Waals surface area contributed by atoms with Gasteiger partial charge in [-0.15, -0.1) is 0 Å². The van der Waals surface area contributed by atoms with E-state index in [4.69, 9.17) is 23.2 Å². The summed E-state index contributed by atoms with van der Waals surface area (Å²) in [5, 5.41) is 6.73. The maximum absolute atomic E-state index is 6.20. The molecule has 0 spiro atoms. The Morgan fingerprint density at radius 2 is 1.96 bits per heavy atom. The molecule has 4 rings (SSSR count). The lowest BCUT2D eigenvalue weighted by atomic mass is 9.96. The molecule has 3 aromatic heterocycles. The van der Waals surface area contributed by atoms with E-state index in [0.29, 0.717) is 10.2 Å². The number of aryl methyl sites for hydroxylation is 2. The molecular weight excluding hydrogens is 355 g/mol. The topological polar surface area (TPSA) is 43.6 Å². The SMILES string of the molecule is CC.Cc1nn(CC2=Cc3cc(Cl)cnc3CC2)c2ccnc(Cl)c12. The van der Waals surface area contributed by atoms with Crippen LogP contribution in [0.25, 0.3) is 17.0 Å². The first kappa shape index (κ1) is 17.9. The van der Waals surface area contributed by atoms with Gasteiger partial charge in [-0.3, -0.25) is 9.67 Å². The first-order valence-corrected chi connectivity index (χ1v) is 9.19. The van der Waals surface area contributed by atoms with Crippen LogP contribution in [0.3, 0.4) is 0 Å². The molecule has 0 radical (unpaired) electrons. The number of rotatable bonds is 2. The molecule has 0 unspecified atom stereocenters. The van der Waals surface area contributed by atoms with Crippen LogP contribution in [0.2, 0.25) is 10.2 Å². The number of hydrogen-bond acceptors (Lipinski definition) is 3. The molecule has 1 aliphatic rings. The number of allylic oxidation sites excluding steroid dienone is 1. The van der Waals surface area contributed by atoms with Gasteiger partial charge in [0.1, 0.15) is 5.15 Å². The highest BCUT2D eigenvalue weighted by atomic mass is 35.5. The minimum Gasteiger partial charge on any atom is -0.260 e. The van der Waals surface area contributed by atoms with Crippen molar-refractivity contribution in [3.63, 3.8) is 0 Å². The van der Waals surface area contributed by atoms with Gasteiger partial charge in [-0.2, -0.15) is 5.10 Å². The third-order valence-electron chi connectivity index (χ3n) is 4.16. The van der Waals surface area contributed by atoms with Gasteiger partial charge in [0.25, 0.3) is 0 Å². The summed E-state index contributed by atoms with van der Waals surface area (Å²) in [5.74, 6) is 0. The summed E-state index contributed by atoms with van der Waals surface area (Å²) in [7, 11) is 0. The van der Waals surface area contributed by atoms with Crippen molar-refractivity contribution in [3.8, 4) is 0 Å². The molecule has 0 amide bonds. The summed E-state index contributed by atoms with van der Waals surface area (Å²) in [6.07, 6.45) is 7.50. The fourth-order valence-electron chi connectivity index (χ4n) is 3.09. The van der Waals surface area contributed by atoms with Gasteiger partial charge in [-0.05, 0) is 43.0 Å². The highest BCUT2D eigenvalue weighted by molar-refractivity contribution is 6.34. The van der Waals surface area contributed by atoms with Crippen LogP contribution < -0.4 is 0 Å². The summed E-state index contributed by atoms with van der Waals surface area (Å²) in [5.41, 5.74) is 5.43. The van der Waals surface area contributed by atoms with Gasteiger partial charge >= 0.3 is 0 Å². The summed E-state index contributed by atoms with van der Waals surface area (Å²) >= 11 is 12.3. The van der Waals surface area contributed by atoms with Gasteiger partial charge in [-0.1, -0.05) is 43.1 Å². The lowest BCUT2D eigenvalue weighted by Gasteiger charge is -2.16. The van der Waals surface area contributed by atoms with Crippen molar-refractivity contribution in [2.45, 2.75) is 40.2 Å². The molecule has 0 atom stereocenters. The maximum atomic E-state index is 6.20. The van der Waals surface area contributed by atoms with E-state index in [-0.39, 0.29) is 0 Å². The monoisotopic (exact) mass is 374 g/mol. The van der Waals surface area contributed by atoms with Crippen molar-refractivity contribution in [2.24, 2.45) is 0 Å². The zero-order valence-electron chi connectivity index (χ0n) is 14.6. The number of aromatic nitrogens is 4. The van der Waals surface area contributed by atoms with E-state index in [1.165, 1.54) is 5.57 Å². The zero-order chi connectivity index (χ0) is 18.0. The standard InChI is InChI=1S/C17H14Cl2N4.C2H6/c1-10-16-15(4-5-20-17(16)19)23(22-10)9-11-2-3-14-12(6-11)7-13(18)8-21-14;1-2/h4-8H,2-3,9H2,1H3;1-2H3. The van der Waals surface area contributed by atoms with Crippen LogP contribution in [0.1, 0.15) is 37.2 Å². The minimum absolute atomic E-state index is 0.505. The molecule has 4 nitrogen and oxygen atoms in total. The van der Waals surface area contributed by atoms with Gasteiger partial charge in [-0.25, -0.2) is 4.98 Å². The molecule has 0 saturated heterocycles.